The summed E-state index contributed by atoms with van der Waals surface area (Å²) in [6, 6.07) is 5.34. The minimum absolute atomic E-state index is 0.0382. The quantitative estimate of drug-likeness (QED) is 0.689. The van der Waals surface area contributed by atoms with Crippen LogP contribution in [0.1, 0.15) is 36.3 Å². The summed E-state index contributed by atoms with van der Waals surface area (Å²) in [5.74, 6) is -0.0174. The molecular weight excluding hydrogens is 357 g/mol. The fourth-order valence-electron chi connectivity index (χ4n) is 2.91. The van der Waals surface area contributed by atoms with Crippen molar-refractivity contribution in [2.75, 3.05) is 0 Å². The Morgan fingerprint density at radius 3 is 2.68 bits per heavy atom. The van der Waals surface area contributed by atoms with Crippen molar-refractivity contribution in [3.8, 4) is 11.6 Å². The van der Waals surface area contributed by atoms with Crippen LogP contribution in [0.4, 0.5) is 13.2 Å². The van der Waals surface area contributed by atoms with Crippen molar-refractivity contribution in [3.05, 3.63) is 52.2 Å². The molecule has 1 aliphatic carbocycles. The number of rotatable bonds is 4. The van der Waals surface area contributed by atoms with Crippen molar-refractivity contribution in [3.63, 3.8) is 0 Å². The summed E-state index contributed by atoms with van der Waals surface area (Å²) < 4.78 is 45.6. The molecule has 0 amide bonds. The Morgan fingerprint density at radius 1 is 1.28 bits per heavy atom. The van der Waals surface area contributed by atoms with E-state index in [0.717, 1.165) is 4.68 Å². The highest BCUT2D eigenvalue weighted by molar-refractivity contribution is 6.31. The summed E-state index contributed by atoms with van der Waals surface area (Å²) >= 11 is 6.20. The van der Waals surface area contributed by atoms with E-state index in [1.165, 1.54) is 31.3 Å². The highest BCUT2D eigenvalue weighted by atomic mass is 35.5. The number of nitrogens with zero attached hydrogens (tertiary/aromatic N) is 4. The molecule has 9 heteroatoms. The first-order chi connectivity index (χ1) is 11.9. The molecule has 1 saturated carbocycles. The Labute approximate surface area is 145 Å². The normalized spacial score (nSPS) is 15.8. The molecule has 0 aliphatic heterocycles. The SMILES string of the molecule is Cn1nc(-c2nc(C3(c4cc(F)ccc4Cl)CC3)no2)cc1C(F)F. The van der Waals surface area contributed by atoms with Gasteiger partial charge in [-0.2, -0.15) is 10.1 Å². The molecule has 0 saturated heterocycles. The van der Waals surface area contributed by atoms with Gasteiger partial charge >= 0.3 is 0 Å². The van der Waals surface area contributed by atoms with Gasteiger partial charge in [0.1, 0.15) is 11.5 Å². The fourth-order valence-corrected chi connectivity index (χ4v) is 3.21. The molecule has 2 aromatic heterocycles. The minimum Gasteiger partial charge on any atom is -0.332 e. The Kier molecular flexibility index (Phi) is 3.61. The first kappa shape index (κ1) is 16.1. The first-order valence-corrected chi connectivity index (χ1v) is 7.91. The van der Waals surface area contributed by atoms with Crippen LogP contribution in [0.15, 0.2) is 28.8 Å². The largest absolute Gasteiger partial charge is 0.332 e. The van der Waals surface area contributed by atoms with Gasteiger partial charge in [-0.3, -0.25) is 4.68 Å². The highest BCUT2D eigenvalue weighted by Crippen LogP contribution is 2.54. The Bertz CT molecular complexity index is 949. The van der Waals surface area contributed by atoms with Gasteiger partial charge in [0.15, 0.2) is 11.5 Å². The molecule has 130 valence electrons. The Morgan fingerprint density at radius 2 is 2.04 bits per heavy atom. The number of alkyl halides is 2. The molecule has 1 aliphatic rings. The van der Waals surface area contributed by atoms with Gasteiger partial charge in [-0.1, -0.05) is 16.8 Å². The summed E-state index contributed by atoms with van der Waals surface area (Å²) in [6.07, 6.45) is -1.27. The molecule has 1 aromatic carbocycles. The maximum absolute atomic E-state index is 13.6. The van der Waals surface area contributed by atoms with E-state index in [1.807, 2.05) is 0 Å². The van der Waals surface area contributed by atoms with Gasteiger partial charge in [-0.25, -0.2) is 13.2 Å². The lowest BCUT2D eigenvalue weighted by atomic mass is 9.95. The van der Waals surface area contributed by atoms with Crippen LogP contribution in [0.2, 0.25) is 5.02 Å². The maximum atomic E-state index is 13.6. The second kappa shape index (κ2) is 5.59. The van der Waals surface area contributed by atoms with Gasteiger partial charge in [0, 0.05) is 12.1 Å². The van der Waals surface area contributed by atoms with Crippen LogP contribution in [-0.2, 0) is 12.5 Å². The number of halogens is 4. The van der Waals surface area contributed by atoms with E-state index >= 15 is 0 Å². The molecular formula is C16H12ClF3N4O. The number of aromatic nitrogens is 4. The van der Waals surface area contributed by atoms with Gasteiger partial charge in [-0.05, 0) is 42.7 Å². The van der Waals surface area contributed by atoms with Crippen molar-refractivity contribution in [1.29, 1.82) is 0 Å². The molecule has 0 N–H and O–H groups in total. The lowest BCUT2D eigenvalue weighted by Gasteiger charge is -2.12. The predicted octanol–water partition coefficient (Wildman–Crippen LogP) is 4.28. The van der Waals surface area contributed by atoms with Gasteiger partial charge in [0.25, 0.3) is 12.3 Å². The molecule has 0 spiro atoms. The zero-order valence-corrected chi connectivity index (χ0v) is 13.8. The molecule has 2 heterocycles. The second-order valence-electron chi connectivity index (χ2n) is 6.01. The van der Waals surface area contributed by atoms with E-state index in [1.54, 1.807) is 0 Å². The number of hydrogen-bond acceptors (Lipinski definition) is 4. The summed E-state index contributed by atoms with van der Waals surface area (Å²) in [4.78, 5) is 4.30. The summed E-state index contributed by atoms with van der Waals surface area (Å²) in [5.41, 5.74) is -0.0982. The van der Waals surface area contributed by atoms with Gasteiger partial charge < -0.3 is 4.52 Å². The van der Waals surface area contributed by atoms with Crippen LogP contribution in [0, 0.1) is 5.82 Å². The third kappa shape index (κ3) is 2.60. The average molecular weight is 369 g/mol. The average Bonchev–Trinajstić information content (AvgIpc) is 3.03. The van der Waals surface area contributed by atoms with Crippen LogP contribution < -0.4 is 0 Å². The maximum Gasteiger partial charge on any atom is 0.280 e. The van der Waals surface area contributed by atoms with Crippen molar-refractivity contribution in [2.45, 2.75) is 24.7 Å². The third-order valence-corrected chi connectivity index (χ3v) is 4.74. The molecule has 0 atom stereocenters. The van der Waals surface area contributed by atoms with E-state index in [2.05, 4.69) is 15.2 Å². The number of hydrogen-bond donors (Lipinski definition) is 0. The van der Waals surface area contributed by atoms with Crippen LogP contribution in [0.3, 0.4) is 0 Å². The zero-order valence-electron chi connectivity index (χ0n) is 13.0. The molecule has 1 fully saturated rings. The molecule has 5 nitrogen and oxygen atoms in total. The smallest absolute Gasteiger partial charge is 0.280 e. The summed E-state index contributed by atoms with van der Waals surface area (Å²) in [6.45, 7) is 0. The number of aryl methyl sites for hydroxylation is 1. The van der Waals surface area contributed by atoms with E-state index in [-0.39, 0.29) is 17.3 Å². The fraction of sp³-hybridized carbons (Fsp3) is 0.312. The highest BCUT2D eigenvalue weighted by Gasteiger charge is 2.51. The lowest BCUT2D eigenvalue weighted by molar-refractivity contribution is 0.141. The first-order valence-electron chi connectivity index (χ1n) is 7.53. The zero-order chi connectivity index (χ0) is 17.8. The molecule has 0 unspecified atom stereocenters. The van der Waals surface area contributed by atoms with Crippen LogP contribution in [0.5, 0.6) is 0 Å². The van der Waals surface area contributed by atoms with Gasteiger partial charge in [0.05, 0.1) is 5.41 Å². The summed E-state index contributed by atoms with van der Waals surface area (Å²) in [7, 11) is 1.41. The van der Waals surface area contributed by atoms with Gasteiger partial charge in [-0.15, -0.1) is 0 Å². The van der Waals surface area contributed by atoms with Crippen molar-refractivity contribution in [2.24, 2.45) is 7.05 Å². The monoisotopic (exact) mass is 368 g/mol. The van der Waals surface area contributed by atoms with Crippen LogP contribution >= 0.6 is 11.6 Å². The standard InChI is InChI=1S/C16H12ClF3N4O/c1-24-12(13(19)20)7-11(22-24)14-21-15(23-25-14)16(4-5-16)9-6-8(18)2-3-10(9)17/h2-3,6-7,13H,4-5H2,1H3. The van der Waals surface area contributed by atoms with Crippen molar-refractivity contribution in [1.82, 2.24) is 19.9 Å². The van der Waals surface area contributed by atoms with Crippen LogP contribution in [0.25, 0.3) is 11.6 Å². The molecule has 0 bridgehead atoms. The lowest BCUT2D eigenvalue weighted by Crippen LogP contribution is -2.12. The van der Waals surface area contributed by atoms with Crippen molar-refractivity contribution < 1.29 is 17.7 Å². The Hall–Kier alpha value is -2.35. The minimum atomic E-state index is -2.66. The van der Waals surface area contributed by atoms with E-state index in [0.29, 0.717) is 29.3 Å². The van der Waals surface area contributed by atoms with Gasteiger partial charge in [0.2, 0.25) is 0 Å². The van der Waals surface area contributed by atoms with E-state index < -0.39 is 17.7 Å². The molecule has 4 rings (SSSR count). The summed E-state index contributed by atoms with van der Waals surface area (Å²) in [5, 5.41) is 8.35. The van der Waals surface area contributed by atoms with E-state index in [4.69, 9.17) is 16.1 Å². The third-order valence-electron chi connectivity index (χ3n) is 4.41. The van der Waals surface area contributed by atoms with Crippen molar-refractivity contribution >= 4 is 11.6 Å². The topological polar surface area (TPSA) is 56.7 Å². The molecule has 0 radical (unpaired) electrons. The second-order valence-corrected chi connectivity index (χ2v) is 6.42. The molecule has 25 heavy (non-hydrogen) atoms. The van der Waals surface area contributed by atoms with E-state index in [9.17, 15) is 13.2 Å². The Balaban J connectivity index is 1.72. The number of benzene rings is 1. The molecule has 3 aromatic rings. The van der Waals surface area contributed by atoms with Crippen LogP contribution in [-0.4, -0.2) is 19.9 Å². The predicted molar refractivity (Wildman–Crippen MR) is 82.9 cm³/mol.